The average Bonchev–Trinajstić information content (AvgIpc) is 2.39. The van der Waals surface area contributed by atoms with Crippen molar-refractivity contribution in [2.24, 2.45) is 0 Å². The maximum absolute atomic E-state index is 11.7. The summed E-state index contributed by atoms with van der Waals surface area (Å²) in [7, 11) is 0. The molecule has 0 aliphatic carbocycles. The number of carbonyl (C=O) groups excluding carboxylic acids is 1. The molecule has 1 aromatic carbocycles. The molecule has 19 heavy (non-hydrogen) atoms. The Kier molecular flexibility index (Phi) is 6.43. The summed E-state index contributed by atoms with van der Waals surface area (Å²) in [5.41, 5.74) is 0.732. The van der Waals surface area contributed by atoms with Crippen molar-refractivity contribution < 1.29 is 14.7 Å². The normalized spacial score (nSPS) is 9.95. The molecule has 0 radical (unpaired) electrons. The number of carboxylic acid groups (broad SMARTS) is 1. The molecule has 0 saturated carbocycles. The summed E-state index contributed by atoms with van der Waals surface area (Å²) in [6.07, 6.45) is 1.94. The predicted octanol–water partition coefficient (Wildman–Crippen LogP) is 1.49. The Bertz CT molecular complexity index is 406. The number of hydrogen-bond acceptors (Lipinski definition) is 3. The summed E-state index contributed by atoms with van der Waals surface area (Å²) in [5.74, 6) is -1.11. The van der Waals surface area contributed by atoms with Crippen molar-refractivity contribution in [2.75, 3.05) is 24.5 Å². The molecule has 0 atom stereocenters. The number of hydrogen-bond donors (Lipinski definition) is 2. The van der Waals surface area contributed by atoms with Crippen LogP contribution >= 0.6 is 0 Å². The molecule has 0 bridgehead atoms. The quantitative estimate of drug-likeness (QED) is 0.698. The van der Waals surface area contributed by atoms with E-state index in [1.165, 1.54) is 0 Å². The SMILES string of the molecule is CCCCNC(=O)CN(CC(=O)O)c1ccccc1. The van der Waals surface area contributed by atoms with Gasteiger partial charge < -0.3 is 15.3 Å². The number of para-hydroxylation sites is 1. The van der Waals surface area contributed by atoms with Crippen molar-refractivity contribution in [3.8, 4) is 0 Å². The first kappa shape index (κ1) is 15.0. The van der Waals surface area contributed by atoms with Crippen molar-refractivity contribution in [3.63, 3.8) is 0 Å². The molecule has 0 unspecified atom stereocenters. The van der Waals surface area contributed by atoms with Gasteiger partial charge in [-0.2, -0.15) is 0 Å². The lowest BCUT2D eigenvalue weighted by atomic mass is 10.2. The number of rotatable bonds is 8. The van der Waals surface area contributed by atoms with E-state index in [1.807, 2.05) is 25.1 Å². The summed E-state index contributed by atoms with van der Waals surface area (Å²) in [5, 5.41) is 11.7. The maximum Gasteiger partial charge on any atom is 0.323 e. The van der Waals surface area contributed by atoms with E-state index in [1.54, 1.807) is 17.0 Å². The molecule has 1 amide bonds. The van der Waals surface area contributed by atoms with Crippen LogP contribution in [0.4, 0.5) is 5.69 Å². The lowest BCUT2D eigenvalue weighted by Gasteiger charge is -2.22. The summed E-state index contributed by atoms with van der Waals surface area (Å²) < 4.78 is 0. The fraction of sp³-hybridized carbons (Fsp3) is 0.429. The molecule has 0 heterocycles. The van der Waals surface area contributed by atoms with Crippen LogP contribution in [0.25, 0.3) is 0 Å². The first-order chi connectivity index (χ1) is 9.13. The highest BCUT2D eigenvalue weighted by molar-refractivity contribution is 5.83. The standard InChI is InChI=1S/C14H20N2O3/c1-2-3-9-15-13(17)10-16(11-14(18)19)12-7-5-4-6-8-12/h4-8H,2-3,9-11H2,1H3,(H,15,17)(H,18,19). The lowest BCUT2D eigenvalue weighted by molar-refractivity contribution is -0.135. The van der Waals surface area contributed by atoms with E-state index in [-0.39, 0.29) is 19.0 Å². The molecule has 104 valence electrons. The van der Waals surface area contributed by atoms with E-state index in [0.717, 1.165) is 18.5 Å². The Hall–Kier alpha value is -2.04. The fourth-order valence-electron chi connectivity index (χ4n) is 1.67. The molecular weight excluding hydrogens is 244 g/mol. The fourth-order valence-corrected chi connectivity index (χ4v) is 1.67. The Morgan fingerprint density at radius 1 is 1.21 bits per heavy atom. The molecule has 1 aromatic rings. The van der Waals surface area contributed by atoms with Crippen LogP contribution in [-0.4, -0.2) is 36.6 Å². The summed E-state index contributed by atoms with van der Waals surface area (Å²) in [6, 6.07) is 9.08. The zero-order chi connectivity index (χ0) is 14.1. The van der Waals surface area contributed by atoms with Crippen LogP contribution in [0, 0.1) is 0 Å². The molecule has 0 aliphatic rings. The average molecular weight is 264 g/mol. The second-order valence-corrected chi connectivity index (χ2v) is 4.29. The van der Waals surface area contributed by atoms with E-state index in [9.17, 15) is 9.59 Å². The van der Waals surface area contributed by atoms with Gasteiger partial charge >= 0.3 is 5.97 Å². The van der Waals surface area contributed by atoms with Crippen LogP contribution in [0.5, 0.6) is 0 Å². The van der Waals surface area contributed by atoms with E-state index >= 15 is 0 Å². The van der Waals surface area contributed by atoms with Crippen LogP contribution in [0.2, 0.25) is 0 Å². The number of benzene rings is 1. The third-order valence-corrected chi connectivity index (χ3v) is 2.63. The van der Waals surface area contributed by atoms with Gasteiger partial charge in [0.1, 0.15) is 6.54 Å². The van der Waals surface area contributed by atoms with Gasteiger partial charge in [0.2, 0.25) is 5.91 Å². The first-order valence-electron chi connectivity index (χ1n) is 6.42. The van der Waals surface area contributed by atoms with Gasteiger partial charge in [-0.15, -0.1) is 0 Å². The molecule has 5 nitrogen and oxygen atoms in total. The Morgan fingerprint density at radius 3 is 2.47 bits per heavy atom. The summed E-state index contributed by atoms with van der Waals surface area (Å²) >= 11 is 0. The monoisotopic (exact) mass is 264 g/mol. The molecule has 0 saturated heterocycles. The van der Waals surface area contributed by atoms with Gasteiger partial charge in [-0.25, -0.2) is 0 Å². The zero-order valence-electron chi connectivity index (χ0n) is 11.1. The predicted molar refractivity (Wildman–Crippen MR) is 74.2 cm³/mol. The van der Waals surface area contributed by atoms with E-state index < -0.39 is 5.97 Å². The minimum absolute atomic E-state index is 0.0556. The highest BCUT2D eigenvalue weighted by Gasteiger charge is 2.14. The van der Waals surface area contributed by atoms with Gasteiger partial charge in [0.15, 0.2) is 0 Å². The number of nitrogens with zero attached hydrogens (tertiary/aromatic N) is 1. The summed E-state index contributed by atoms with van der Waals surface area (Å²) in [4.78, 5) is 24.1. The molecule has 0 aliphatic heterocycles. The van der Waals surface area contributed by atoms with Gasteiger partial charge in [-0.3, -0.25) is 9.59 Å². The third kappa shape index (κ3) is 5.90. The second kappa shape index (κ2) is 8.13. The van der Waals surface area contributed by atoms with Crippen molar-refractivity contribution >= 4 is 17.6 Å². The van der Waals surface area contributed by atoms with Crippen LogP contribution in [0.1, 0.15) is 19.8 Å². The van der Waals surface area contributed by atoms with E-state index in [2.05, 4.69) is 5.32 Å². The molecule has 2 N–H and O–H groups in total. The number of amides is 1. The maximum atomic E-state index is 11.7. The van der Waals surface area contributed by atoms with Gasteiger partial charge in [-0.1, -0.05) is 31.5 Å². The molecule has 1 rings (SSSR count). The van der Waals surface area contributed by atoms with Crippen molar-refractivity contribution in [3.05, 3.63) is 30.3 Å². The molecule has 0 fully saturated rings. The lowest BCUT2D eigenvalue weighted by Crippen LogP contribution is -2.40. The molecular formula is C14H20N2O3. The molecule has 0 aromatic heterocycles. The molecule has 5 heteroatoms. The Morgan fingerprint density at radius 2 is 1.89 bits per heavy atom. The van der Waals surface area contributed by atoms with E-state index in [0.29, 0.717) is 6.54 Å². The number of unbranched alkanes of at least 4 members (excludes halogenated alkanes) is 1. The first-order valence-corrected chi connectivity index (χ1v) is 6.42. The highest BCUT2D eigenvalue weighted by atomic mass is 16.4. The van der Waals surface area contributed by atoms with Crippen LogP contribution < -0.4 is 10.2 Å². The van der Waals surface area contributed by atoms with E-state index in [4.69, 9.17) is 5.11 Å². The minimum atomic E-state index is -0.954. The third-order valence-electron chi connectivity index (χ3n) is 2.63. The Labute approximate surface area is 113 Å². The van der Waals surface area contributed by atoms with Gasteiger partial charge in [-0.05, 0) is 18.6 Å². The van der Waals surface area contributed by atoms with Crippen molar-refractivity contribution in [2.45, 2.75) is 19.8 Å². The van der Waals surface area contributed by atoms with Gasteiger partial charge in [0.05, 0.1) is 6.54 Å². The van der Waals surface area contributed by atoms with Crippen LogP contribution in [-0.2, 0) is 9.59 Å². The minimum Gasteiger partial charge on any atom is -0.480 e. The van der Waals surface area contributed by atoms with Crippen LogP contribution in [0.3, 0.4) is 0 Å². The number of aliphatic carboxylic acids is 1. The summed E-state index contributed by atoms with van der Waals surface area (Å²) in [6.45, 7) is 2.54. The molecule has 0 spiro atoms. The second-order valence-electron chi connectivity index (χ2n) is 4.29. The number of anilines is 1. The number of carboxylic acids is 1. The van der Waals surface area contributed by atoms with Gasteiger partial charge in [0, 0.05) is 12.2 Å². The van der Waals surface area contributed by atoms with Crippen molar-refractivity contribution in [1.29, 1.82) is 0 Å². The van der Waals surface area contributed by atoms with Crippen LogP contribution in [0.15, 0.2) is 30.3 Å². The van der Waals surface area contributed by atoms with Gasteiger partial charge in [0.25, 0.3) is 0 Å². The Balaban J connectivity index is 2.60. The smallest absolute Gasteiger partial charge is 0.323 e. The number of carbonyl (C=O) groups is 2. The number of nitrogens with one attached hydrogen (secondary N) is 1. The largest absolute Gasteiger partial charge is 0.480 e. The van der Waals surface area contributed by atoms with Crippen molar-refractivity contribution in [1.82, 2.24) is 5.32 Å². The highest BCUT2D eigenvalue weighted by Crippen LogP contribution is 2.12. The zero-order valence-corrected chi connectivity index (χ0v) is 11.1. The topological polar surface area (TPSA) is 69.6 Å².